The van der Waals surface area contributed by atoms with Crippen molar-refractivity contribution < 1.29 is 13.2 Å². The number of halogens is 3. The van der Waals surface area contributed by atoms with Crippen molar-refractivity contribution >= 4 is 11.0 Å². The summed E-state index contributed by atoms with van der Waals surface area (Å²) in [5, 5.41) is 4.85. The molecule has 0 aliphatic rings. The molecule has 0 aromatic carbocycles. The fraction of sp³-hybridized carbons (Fsp3) is 0.312. The maximum absolute atomic E-state index is 12.8. The van der Waals surface area contributed by atoms with Gasteiger partial charge in [-0.25, -0.2) is 4.98 Å². The van der Waals surface area contributed by atoms with Crippen LogP contribution in [0.3, 0.4) is 0 Å². The van der Waals surface area contributed by atoms with Gasteiger partial charge in [0.15, 0.2) is 0 Å². The summed E-state index contributed by atoms with van der Waals surface area (Å²) in [6.07, 6.45) is -0.352. The van der Waals surface area contributed by atoms with Crippen molar-refractivity contribution in [3.63, 3.8) is 0 Å². The average molecular weight is 321 g/mol. The third kappa shape index (κ3) is 2.60. The minimum absolute atomic E-state index is 0.444. The van der Waals surface area contributed by atoms with Crippen LogP contribution in [0.25, 0.3) is 16.9 Å². The van der Waals surface area contributed by atoms with Crippen LogP contribution in [0.2, 0.25) is 0 Å². The molecule has 0 saturated heterocycles. The monoisotopic (exact) mass is 321 g/mol. The van der Waals surface area contributed by atoms with Gasteiger partial charge >= 0.3 is 6.18 Å². The zero-order valence-electron chi connectivity index (χ0n) is 12.9. The third-order valence-corrected chi connectivity index (χ3v) is 3.82. The lowest BCUT2D eigenvalue weighted by molar-refractivity contribution is -0.137. The van der Waals surface area contributed by atoms with E-state index in [1.807, 2.05) is 14.0 Å². The van der Waals surface area contributed by atoms with Gasteiger partial charge < -0.3 is 0 Å². The van der Waals surface area contributed by atoms with E-state index in [1.165, 1.54) is 0 Å². The minimum Gasteiger partial charge on any atom is -0.285 e. The second-order valence-corrected chi connectivity index (χ2v) is 5.44. The number of aromatic nitrogens is 4. The third-order valence-electron chi connectivity index (χ3n) is 3.82. The number of hydrogen-bond donors (Lipinski definition) is 0. The quantitative estimate of drug-likeness (QED) is 0.734. The molecule has 0 aliphatic carbocycles. The molecular formula is C16H16F3N4. The maximum atomic E-state index is 12.8. The Bertz CT molecular complexity index is 858. The van der Waals surface area contributed by atoms with Gasteiger partial charge in [0.2, 0.25) is 0 Å². The number of rotatable bonds is 3. The summed E-state index contributed by atoms with van der Waals surface area (Å²) in [6.45, 7) is 5.78. The molecule has 3 heterocycles. The van der Waals surface area contributed by atoms with Crippen LogP contribution in [0.15, 0.2) is 24.5 Å². The number of hydrogen-bond acceptors (Lipinski definition) is 2. The zero-order valence-corrected chi connectivity index (χ0v) is 12.9. The summed E-state index contributed by atoms with van der Waals surface area (Å²) < 4.78 is 41.9. The van der Waals surface area contributed by atoms with Crippen LogP contribution in [0.1, 0.15) is 23.2 Å². The minimum atomic E-state index is -4.40. The van der Waals surface area contributed by atoms with Crippen LogP contribution in [0.5, 0.6) is 0 Å². The molecule has 23 heavy (non-hydrogen) atoms. The van der Waals surface area contributed by atoms with Gasteiger partial charge in [-0.3, -0.25) is 9.25 Å². The molecular weight excluding hydrogens is 305 g/mol. The Kier molecular flexibility index (Phi) is 3.66. The summed E-state index contributed by atoms with van der Waals surface area (Å²) in [5.41, 5.74) is 1.65. The molecule has 3 aromatic heterocycles. The largest absolute Gasteiger partial charge is 0.417 e. The van der Waals surface area contributed by atoms with Crippen LogP contribution >= 0.6 is 0 Å². The van der Waals surface area contributed by atoms with Crippen molar-refractivity contribution in [2.45, 2.75) is 25.9 Å². The highest BCUT2D eigenvalue weighted by atomic mass is 19.4. The lowest BCUT2D eigenvalue weighted by atomic mass is 10.1. The first-order valence-corrected chi connectivity index (χ1v) is 7.19. The molecule has 3 rings (SSSR count). The van der Waals surface area contributed by atoms with Crippen LogP contribution in [-0.4, -0.2) is 19.3 Å². The SMILES string of the molecule is [CH2]CCc1c(C)nn(C)c1-n1ccc2cc(C(F)(F)F)cnc21. The Morgan fingerprint density at radius 2 is 2.04 bits per heavy atom. The molecule has 4 nitrogen and oxygen atoms in total. The van der Waals surface area contributed by atoms with Gasteiger partial charge in [-0.2, -0.15) is 18.3 Å². The second-order valence-electron chi connectivity index (χ2n) is 5.44. The van der Waals surface area contributed by atoms with Crippen LogP contribution in [0, 0.1) is 13.8 Å². The van der Waals surface area contributed by atoms with Crippen LogP contribution < -0.4 is 0 Å². The van der Waals surface area contributed by atoms with Crippen LogP contribution in [0.4, 0.5) is 13.2 Å². The Morgan fingerprint density at radius 3 is 2.70 bits per heavy atom. The lowest BCUT2D eigenvalue weighted by Crippen LogP contribution is -2.07. The first kappa shape index (κ1) is 15.6. The fourth-order valence-corrected chi connectivity index (χ4v) is 2.81. The molecule has 0 amide bonds. The highest BCUT2D eigenvalue weighted by Gasteiger charge is 2.31. The van der Waals surface area contributed by atoms with E-state index in [2.05, 4.69) is 17.0 Å². The van der Waals surface area contributed by atoms with E-state index in [4.69, 9.17) is 0 Å². The number of aryl methyl sites for hydroxylation is 2. The summed E-state index contributed by atoms with van der Waals surface area (Å²) >= 11 is 0. The summed E-state index contributed by atoms with van der Waals surface area (Å²) in [7, 11) is 1.81. The van der Waals surface area contributed by atoms with Gasteiger partial charge in [0.1, 0.15) is 11.5 Å². The highest BCUT2D eigenvalue weighted by Crippen LogP contribution is 2.31. The number of nitrogens with zero attached hydrogens (tertiary/aromatic N) is 4. The van der Waals surface area contributed by atoms with E-state index in [0.717, 1.165) is 35.8 Å². The Labute approximate surface area is 131 Å². The molecule has 0 bridgehead atoms. The van der Waals surface area contributed by atoms with Gasteiger partial charge in [-0.15, -0.1) is 0 Å². The van der Waals surface area contributed by atoms with E-state index in [0.29, 0.717) is 17.5 Å². The molecule has 1 radical (unpaired) electrons. The van der Waals surface area contributed by atoms with Crippen molar-refractivity contribution in [3.8, 4) is 5.82 Å². The van der Waals surface area contributed by atoms with Gasteiger partial charge in [-0.05, 0) is 31.9 Å². The molecule has 0 N–H and O–H groups in total. The predicted molar refractivity (Wildman–Crippen MR) is 81.3 cm³/mol. The molecule has 7 heteroatoms. The molecule has 3 aromatic rings. The lowest BCUT2D eigenvalue weighted by Gasteiger charge is -2.10. The molecule has 121 valence electrons. The van der Waals surface area contributed by atoms with Crippen molar-refractivity contribution in [1.82, 2.24) is 19.3 Å². The average Bonchev–Trinajstić information content (AvgIpc) is 2.99. The van der Waals surface area contributed by atoms with E-state index >= 15 is 0 Å². The number of fused-ring (bicyclic) bond motifs is 1. The second kappa shape index (κ2) is 5.40. The molecule has 0 unspecified atom stereocenters. The first-order valence-electron chi connectivity index (χ1n) is 7.19. The van der Waals surface area contributed by atoms with E-state index in [9.17, 15) is 13.2 Å². The zero-order chi connectivity index (χ0) is 16.8. The van der Waals surface area contributed by atoms with Crippen molar-refractivity contribution in [3.05, 3.63) is 48.3 Å². The normalized spacial score (nSPS) is 12.3. The van der Waals surface area contributed by atoms with Gasteiger partial charge in [0, 0.05) is 30.4 Å². The van der Waals surface area contributed by atoms with Crippen molar-refractivity contribution in [2.75, 3.05) is 0 Å². The van der Waals surface area contributed by atoms with Crippen molar-refractivity contribution in [2.24, 2.45) is 7.05 Å². The van der Waals surface area contributed by atoms with E-state index in [-0.39, 0.29) is 0 Å². The molecule has 0 aliphatic heterocycles. The number of pyridine rings is 1. The summed E-state index contributed by atoms with van der Waals surface area (Å²) in [6, 6.07) is 2.75. The first-order chi connectivity index (χ1) is 10.8. The van der Waals surface area contributed by atoms with E-state index < -0.39 is 11.7 Å². The standard InChI is InChI=1S/C16H16F3N4/c1-4-5-13-10(2)21-22(3)15(13)23-7-6-11-8-12(16(17,18)19)9-20-14(11)23/h6-9H,1,4-5H2,2-3H3. The Morgan fingerprint density at radius 1 is 1.30 bits per heavy atom. The summed E-state index contributed by atoms with van der Waals surface area (Å²) in [4.78, 5) is 4.02. The summed E-state index contributed by atoms with van der Waals surface area (Å²) in [5.74, 6) is 0.813. The van der Waals surface area contributed by atoms with Gasteiger partial charge in [-0.1, -0.05) is 6.92 Å². The van der Waals surface area contributed by atoms with Crippen molar-refractivity contribution in [1.29, 1.82) is 0 Å². The van der Waals surface area contributed by atoms with E-state index in [1.54, 1.807) is 21.5 Å². The maximum Gasteiger partial charge on any atom is 0.417 e. The molecule has 0 spiro atoms. The van der Waals surface area contributed by atoms with Gasteiger partial charge in [0.05, 0.1) is 11.3 Å². The molecule has 0 fully saturated rings. The smallest absolute Gasteiger partial charge is 0.285 e. The topological polar surface area (TPSA) is 35.6 Å². The van der Waals surface area contributed by atoms with Gasteiger partial charge in [0.25, 0.3) is 0 Å². The van der Waals surface area contributed by atoms with Crippen LogP contribution in [-0.2, 0) is 19.6 Å². The Balaban J connectivity index is 2.19. The molecule has 0 atom stereocenters. The molecule has 0 saturated carbocycles. The predicted octanol–water partition coefficient (Wildman–Crippen LogP) is 3.85. The highest BCUT2D eigenvalue weighted by molar-refractivity contribution is 5.78. The number of alkyl halides is 3. The Hall–Kier alpha value is -2.31. The fourth-order valence-electron chi connectivity index (χ4n) is 2.81.